The van der Waals surface area contributed by atoms with Crippen LogP contribution < -0.4 is 9.80 Å². The van der Waals surface area contributed by atoms with E-state index in [4.69, 9.17) is 19.1 Å². The fourth-order valence-corrected chi connectivity index (χ4v) is 4.58. The first-order valence-corrected chi connectivity index (χ1v) is 17.1. The predicted octanol–water partition coefficient (Wildman–Crippen LogP) is 9.89. The topological polar surface area (TPSA) is 24.3 Å². The Balaban J connectivity index is 0.000000480. The predicted molar refractivity (Wildman–Crippen MR) is 163 cm³/mol. The standard InChI is InChI=1S/C27H37N2.C4H6N2.2ClH.Pd/c1-18(2)22-11-9-12-23(19(3)4)26(22)28-15-16-29(17-28)27-24(20(5)6)13-10-14-25(27)21(7)8;1-6-4-2-3-5-6;;;/h9-21H,1-8H3;2-4H,1H3;2*1H;/q-1;;;;+2/p-2. The second kappa shape index (κ2) is 15.7. The van der Waals surface area contributed by atoms with Crippen molar-refractivity contribution in [2.75, 3.05) is 9.80 Å². The molecule has 0 unspecified atom stereocenters. The zero-order valence-electron chi connectivity index (χ0n) is 24.1. The van der Waals surface area contributed by atoms with Crippen LogP contribution in [0.15, 0.2) is 67.3 Å². The number of halogens is 2. The SMILES string of the molecule is CC(C)c1cccc(C(C)C)c1N1C=CN(c2c(C(C)C)cccc2C(C)C)[CH-]1.Cn1cccn1.[Cl][Pd][Cl]. The molecular formula is C31H43Cl2N4Pd-. The number of aryl methyl sites for hydroxylation is 1. The molecule has 1 aliphatic heterocycles. The average Bonchev–Trinajstić information content (AvgIpc) is 3.55. The molecule has 4 rings (SSSR count). The maximum absolute atomic E-state index is 4.81. The van der Waals surface area contributed by atoms with E-state index in [2.05, 4.69) is 126 Å². The molecule has 0 aliphatic carbocycles. The van der Waals surface area contributed by atoms with Crippen LogP contribution in [0.5, 0.6) is 0 Å². The van der Waals surface area contributed by atoms with Crippen LogP contribution in [-0.2, 0) is 23.0 Å². The van der Waals surface area contributed by atoms with Gasteiger partial charge in [0.2, 0.25) is 0 Å². The molecule has 212 valence electrons. The molecule has 38 heavy (non-hydrogen) atoms. The van der Waals surface area contributed by atoms with Gasteiger partial charge in [-0.1, -0.05) is 91.8 Å². The summed E-state index contributed by atoms with van der Waals surface area (Å²) in [6, 6.07) is 15.4. The summed E-state index contributed by atoms with van der Waals surface area (Å²) in [5, 5.41) is 3.83. The van der Waals surface area contributed by atoms with Crippen molar-refractivity contribution in [2.24, 2.45) is 7.05 Å². The van der Waals surface area contributed by atoms with Gasteiger partial charge in [-0.3, -0.25) is 4.68 Å². The summed E-state index contributed by atoms with van der Waals surface area (Å²) < 4.78 is 1.75. The first-order valence-electron chi connectivity index (χ1n) is 13.1. The molecule has 0 spiro atoms. The van der Waals surface area contributed by atoms with Crippen molar-refractivity contribution in [1.29, 1.82) is 0 Å². The molecule has 0 radical (unpaired) electrons. The van der Waals surface area contributed by atoms with E-state index in [1.807, 2.05) is 19.3 Å². The van der Waals surface area contributed by atoms with Crippen molar-refractivity contribution in [3.05, 3.63) is 96.2 Å². The van der Waals surface area contributed by atoms with Crippen molar-refractivity contribution in [3.8, 4) is 0 Å². The third-order valence-electron chi connectivity index (χ3n) is 6.47. The molecule has 0 fully saturated rings. The summed E-state index contributed by atoms with van der Waals surface area (Å²) in [5.74, 6) is 1.92. The Bertz CT molecular complexity index is 1020. The molecule has 0 amide bonds. The number of hydrogen-bond donors (Lipinski definition) is 0. The molecule has 1 aromatic heterocycles. The van der Waals surface area contributed by atoms with E-state index in [1.165, 1.54) is 33.6 Å². The van der Waals surface area contributed by atoms with Crippen molar-refractivity contribution in [3.63, 3.8) is 0 Å². The first kappa shape index (κ1) is 32.4. The van der Waals surface area contributed by atoms with E-state index < -0.39 is 0 Å². The van der Waals surface area contributed by atoms with Gasteiger partial charge in [0.05, 0.1) is 0 Å². The number of anilines is 2. The van der Waals surface area contributed by atoms with Gasteiger partial charge in [-0.2, -0.15) is 5.10 Å². The molecule has 4 nitrogen and oxygen atoms in total. The number of rotatable bonds is 6. The minimum absolute atomic E-state index is 0.106. The molecule has 2 aromatic carbocycles. The Labute approximate surface area is 247 Å². The minimum atomic E-state index is -0.106. The van der Waals surface area contributed by atoms with Gasteiger partial charge >= 0.3 is 35.0 Å². The number of aromatic nitrogens is 2. The third-order valence-corrected chi connectivity index (χ3v) is 6.47. The molecule has 3 aromatic rings. The van der Waals surface area contributed by atoms with E-state index in [0.29, 0.717) is 23.7 Å². The van der Waals surface area contributed by atoms with Crippen LogP contribution in [0.25, 0.3) is 0 Å². The quantitative estimate of drug-likeness (QED) is 0.196. The fraction of sp³-hybridized carbons (Fsp3) is 0.419. The Morgan fingerprint density at radius 3 is 1.21 bits per heavy atom. The summed E-state index contributed by atoms with van der Waals surface area (Å²) in [7, 11) is 11.5. The summed E-state index contributed by atoms with van der Waals surface area (Å²) in [6.07, 6.45) is 8.07. The molecule has 7 heteroatoms. The van der Waals surface area contributed by atoms with Gasteiger partial charge in [0.25, 0.3) is 0 Å². The second-order valence-electron chi connectivity index (χ2n) is 10.6. The zero-order chi connectivity index (χ0) is 28.4. The van der Waals surface area contributed by atoms with E-state index >= 15 is 0 Å². The monoisotopic (exact) mass is 647 g/mol. The van der Waals surface area contributed by atoms with Crippen molar-refractivity contribution in [1.82, 2.24) is 9.78 Å². The summed E-state index contributed by atoms with van der Waals surface area (Å²) >= 11 is -0.106. The fourth-order valence-electron chi connectivity index (χ4n) is 4.58. The number of para-hydroxylation sites is 2. The van der Waals surface area contributed by atoms with E-state index in [-0.39, 0.29) is 15.9 Å². The Hall–Kier alpha value is -1.77. The van der Waals surface area contributed by atoms with Gasteiger partial charge in [0.1, 0.15) is 0 Å². The Kier molecular flexibility index (Phi) is 13.4. The summed E-state index contributed by atoms with van der Waals surface area (Å²) in [4.78, 5) is 4.65. The maximum atomic E-state index is 4.81. The Morgan fingerprint density at radius 2 is 1.00 bits per heavy atom. The molecule has 0 saturated carbocycles. The molecule has 0 saturated heterocycles. The molecular weight excluding hydrogens is 606 g/mol. The van der Waals surface area contributed by atoms with Crippen LogP contribution in [0.1, 0.15) is 101 Å². The van der Waals surface area contributed by atoms with Crippen molar-refractivity contribution in [2.45, 2.75) is 79.1 Å². The van der Waals surface area contributed by atoms with Crippen LogP contribution in [-0.4, -0.2) is 9.78 Å². The zero-order valence-corrected chi connectivity index (χ0v) is 27.2. The number of hydrogen-bond acceptors (Lipinski definition) is 3. The van der Waals surface area contributed by atoms with Gasteiger partial charge < -0.3 is 9.80 Å². The summed E-state index contributed by atoms with van der Waals surface area (Å²) in [5.41, 5.74) is 8.29. The van der Waals surface area contributed by atoms with Gasteiger partial charge in [-0.05, 0) is 64.4 Å². The normalized spacial score (nSPS) is 12.9. The third kappa shape index (κ3) is 8.62. The van der Waals surface area contributed by atoms with Gasteiger partial charge in [0, 0.05) is 30.8 Å². The van der Waals surface area contributed by atoms with Gasteiger partial charge in [-0.25, -0.2) is 0 Å². The molecule has 0 bridgehead atoms. The average molecular weight is 649 g/mol. The molecule has 0 N–H and O–H groups in total. The molecule has 2 heterocycles. The van der Waals surface area contributed by atoms with E-state index in [9.17, 15) is 0 Å². The van der Waals surface area contributed by atoms with Crippen LogP contribution >= 0.6 is 19.1 Å². The Morgan fingerprint density at radius 1 is 0.658 bits per heavy atom. The number of benzene rings is 2. The van der Waals surface area contributed by atoms with E-state index in [1.54, 1.807) is 10.9 Å². The van der Waals surface area contributed by atoms with Gasteiger partial charge in [-0.15, -0.1) is 6.67 Å². The second-order valence-corrected chi connectivity index (χ2v) is 13.0. The van der Waals surface area contributed by atoms with Crippen LogP contribution in [0, 0.1) is 6.67 Å². The van der Waals surface area contributed by atoms with Crippen molar-refractivity contribution >= 4 is 30.4 Å². The van der Waals surface area contributed by atoms with Crippen LogP contribution in [0.4, 0.5) is 11.4 Å². The molecule has 1 aliphatic rings. The first-order chi connectivity index (χ1) is 18.0. The number of nitrogens with zero attached hydrogens (tertiary/aromatic N) is 4. The van der Waals surface area contributed by atoms with E-state index in [0.717, 1.165) is 0 Å². The van der Waals surface area contributed by atoms with Crippen LogP contribution in [0.2, 0.25) is 0 Å². The van der Waals surface area contributed by atoms with Gasteiger partial charge in [0.15, 0.2) is 0 Å². The summed E-state index contributed by atoms with van der Waals surface area (Å²) in [6.45, 7) is 20.5. The van der Waals surface area contributed by atoms with Crippen LogP contribution in [0.3, 0.4) is 0 Å². The molecule has 0 atom stereocenters. The van der Waals surface area contributed by atoms with Crippen molar-refractivity contribution < 1.29 is 15.9 Å².